The van der Waals surface area contributed by atoms with Gasteiger partial charge in [0, 0.05) is 26.1 Å². The van der Waals surface area contributed by atoms with Crippen molar-refractivity contribution in [3.8, 4) is 0 Å². The van der Waals surface area contributed by atoms with Crippen LogP contribution in [0.25, 0.3) is 0 Å². The monoisotopic (exact) mass is 358 g/mol. The summed E-state index contributed by atoms with van der Waals surface area (Å²) in [6.07, 6.45) is -6.05. The van der Waals surface area contributed by atoms with Crippen molar-refractivity contribution < 1.29 is 34.0 Å². The number of nitrogens with one attached hydrogen (secondary N) is 1. The van der Waals surface area contributed by atoms with Gasteiger partial charge < -0.3 is 24.4 Å². The lowest BCUT2D eigenvalue weighted by Crippen LogP contribution is -2.59. The first-order chi connectivity index (χ1) is 11.7. The largest absolute Gasteiger partial charge is 0.463 e. The molecule has 0 bridgehead atoms. The molecule has 1 aromatic rings. The number of H-pyrrole nitrogens is 1. The lowest BCUT2D eigenvalue weighted by Gasteiger charge is -2.42. The first-order valence-electron chi connectivity index (χ1n) is 7.34. The number of nitrogens with zero attached hydrogens (tertiary/aromatic N) is 1. The van der Waals surface area contributed by atoms with Gasteiger partial charge in [-0.15, -0.1) is 0 Å². The molecule has 1 saturated heterocycles. The van der Waals surface area contributed by atoms with Crippen LogP contribution < -0.4 is 11.2 Å². The molecule has 2 rings (SSSR count). The van der Waals surface area contributed by atoms with Crippen molar-refractivity contribution in [1.29, 1.82) is 0 Å². The zero-order chi connectivity index (χ0) is 18.7. The van der Waals surface area contributed by atoms with Gasteiger partial charge in [-0.05, 0) is 0 Å². The number of aromatic nitrogens is 2. The van der Waals surface area contributed by atoms with Gasteiger partial charge in [0.15, 0.2) is 12.3 Å². The predicted octanol–water partition coefficient (Wildman–Crippen LogP) is -2.35. The van der Waals surface area contributed by atoms with E-state index in [-0.39, 0.29) is 6.61 Å². The number of aliphatic hydroxyl groups is 2. The molecule has 0 aliphatic carbocycles. The summed E-state index contributed by atoms with van der Waals surface area (Å²) >= 11 is 0. The minimum absolute atomic E-state index is 0.383. The van der Waals surface area contributed by atoms with Crippen LogP contribution >= 0.6 is 0 Å². The quantitative estimate of drug-likeness (QED) is 0.501. The number of hydrogen-bond donors (Lipinski definition) is 3. The molecule has 0 spiro atoms. The second kappa shape index (κ2) is 7.59. The lowest BCUT2D eigenvalue weighted by atomic mass is 9.98. The van der Waals surface area contributed by atoms with E-state index in [1.54, 1.807) is 0 Å². The Labute approximate surface area is 140 Å². The summed E-state index contributed by atoms with van der Waals surface area (Å²) in [5, 5.41) is 20.5. The van der Waals surface area contributed by atoms with Gasteiger partial charge in [-0.3, -0.25) is 23.9 Å². The summed E-state index contributed by atoms with van der Waals surface area (Å²) in [6, 6.07) is 1.03. The average molecular weight is 358 g/mol. The van der Waals surface area contributed by atoms with Gasteiger partial charge in [0.2, 0.25) is 0 Å². The molecule has 2 heterocycles. The van der Waals surface area contributed by atoms with E-state index < -0.39 is 53.8 Å². The van der Waals surface area contributed by atoms with Gasteiger partial charge in [0.1, 0.15) is 24.9 Å². The normalized spacial score (nSPS) is 29.0. The van der Waals surface area contributed by atoms with Crippen LogP contribution in [-0.4, -0.2) is 62.7 Å². The predicted molar refractivity (Wildman–Crippen MR) is 79.4 cm³/mol. The highest BCUT2D eigenvalue weighted by molar-refractivity contribution is 5.66. The first-order valence-corrected chi connectivity index (χ1v) is 7.34. The maximum absolute atomic E-state index is 11.9. The Balaban J connectivity index is 2.34. The van der Waals surface area contributed by atoms with Gasteiger partial charge in [-0.1, -0.05) is 0 Å². The highest BCUT2D eigenvalue weighted by Crippen LogP contribution is 2.29. The van der Waals surface area contributed by atoms with Crippen molar-refractivity contribution in [2.75, 3.05) is 6.61 Å². The fourth-order valence-electron chi connectivity index (χ4n) is 2.45. The Morgan fingerprint density at radius 1 is 1.24 bits per heavy atom. The van der Waals surface area contributed by atoms with Crippen molar-refractivity contribution in [2.45, 2.75) is 44.5 Å². The molecule has 138 valence electrons. The third kappa shape index (κ3) is 4.32. The molecule has 1 fully saturated rings. The van der Waals surface area contributed by atoms with Crippen LogP contribution in [0.5, 0.6) is 0 Å². The number of carbonyl (C=O) groups excluding carboxylic acids is 2. The van der Waals surface area contributed by atoms with Crippen LogP contribution in [0.1, 0.15) is 20.1 Å². The molecule has 11 nitrogen and oxygen atoms in total. The molecule has 3 N–H and O–H groups in total. The minimum atomic E-state index is -1.65. The summed E-state index contributed by atoms with van der Waals surface area (Å²) in [5.41, 5.74) is -1.53. The van der Waals surface area contributed by atoms with E-state index in [4.69, 9.17) is 14.2 Å². The Hall–Kier alpha value is -2.50. The molecule has 1 aliphatic heterocycles. The summed E-state index contributed by atoms with van der Waals surface area (Å²) in [6.45, 7) is 1.87. The third-order valence-corrected chi connectivity index (χ3v) is 3.54. The van der Waals surface area contributed by atoms with E-state index in [1.807, 2.05) is 4.98 Å². The maximum atomic E-state index is 11.9. The molecule has 0 amide bonds. The number of aromatic amines is 1. The van der Waals surface area contributed by atoms with Crippen molar-refractivity contribution in [3.05, 3.63) is 33.1 Å². The van der Waals surface area contributed by atoms with E-state index >= 15 is 0 Å². The van der Waals surface area contributed by atoms with Crippen molar-refractivity contribution >= 4 is 11.9 Å². The number of esters is 2. The highest BCUT2D eigenvalue weighted by Gasteiger charge is 2.47. The second-order valence-corrected chi connectivity index (χ2v) is 5.44. The zero-order valence-electron chi connectivity index (χ0n) is 13.4. The van der Waals surface area contributed by atoms with Gasteiger partial charge in [-0.2, -0.15) is 0 Å². The van der Waals surface area contributed by atoms with Crippen LogP contribution in [0.4, 0.5) is 0 Å². The van der Waals surface area contributed by atoms with E-state index in [1.165, 1.54) is 0 Å². The number of ether oxygens (including phenoxy) is 3. The van der Waals surface area contributed by atoms with E-state index in [0.29, 0.717) is 0 Å². The molecule has 0 saturated carbocycles. The topological polar surface area (TPSA) is 157 Å². The molecule has 5 atom stereocenters. The molecule has 0 unspecified atom stereocenters. The molecular formula is C14H18N2O9. The Morgan fingerprint density at radius 2 is 1.92 bits per heavy atom. The third-order valence-electron chi connectivity index (χ3n) is 3.54. The molecular weight excluding hydrogens is 340 g/mol. The summed E-state index contributed by atoms with van der Waals surface area (Å²) < 4.78 is 16.1. The maximum Gasteiger partial charge on any atom is 0.330 e. The molecule has 11 heteroatoms. The van der Waals surface area contributed by atoms with Gasteiger partial charge >= 0.3 is 17.6 Å². The highest BCUT2D eigenvalue weighted by atomic mass is 16.6. The second-order valence-electron chi connectivity index (χ2n) is 5.44. The fourth-order valence-corrected chi connectivity index (χ4v) is 2.45. The number of carbonyl (C=O) groups is 2. The number of aliphatic hydroxyl groups excluding tert-OH is 2. The average Bonchev–Trinajstić information content (AvgIpc) is 2.51. The molecule has 1 aliphatic rings. The number of rotatable bonds is 4. The van der Waals surface area contributed by atoms with Crippen molar-refractivity contribution in [3.63, 3.8) is 0 Å². The minimum Gasteiger partial charge on any atom is -0.463 e. The fraction of sp³-hybridized carbons (Fsp3) is 0.571. The van der Waals surface area contributed by atoms with Gasteiger partial charge in [0.05, 0.1) is 0 Å². The smallest absolute Gasteiger partial charge is 0.330 e. The van der Waals surface area contributed by atoms with Gasteiger partial charge in [0.25, 0.3) is 5.56 Å². The SMILES string of the molecule is CC(=O)OC[C@H]1O[C@H](n2ccc(=O)[nH]c2=O)[C@@H](O)[C@@H](O)[C@@H]1OC(C)=O. The first kappa shape index (κ1) is 18.8. The van der Waals surface area contributed by atoms with Crippen LogP contribution in [-0.2, 0) is 23.8 Å². The summed E-state index contributed by atoms with van der Waals surface area (Å²) in [7, 11) is 0. The Morgan fingerprint density at radius 3 is 2.48 bits per heavy atom. The molecule has 0 radical (unpaired) electrons. The van der Waals surface area contributed by atoms with Gasteiger partial charge in [-0.25, -0.2) is 4.79 Å². The van der Waals surface area contributed by atoms with E-state index in [9.17, 15) is 29.4 Å². The Kier molecular flexibility index (Phi) is 5.72. The summed E-state index contributed by atoms with van der Waals surface area (Å²) in [4.78, 5) is 47.3. The van der Waals surface area contributed by atoms with E-state index in [2.05, 4.69) is 0 Å². The van der Waals surface area contributed by atoms with Crippen molar-refractivity contribution in [2.24, 2.45) is 0 Å². The zero-order valence-corrected chi connectivity index (χ0v) is 13.4. The standard InChI is InChI=1S/C14H18N2O9/c1-6(17)23-5-8-12(24-7(2)18)10(20)11(21)13(25-8)16-4-3-9(19)15-14(16)22/h3-4,8,10-13,20-21H,5H2,1-2H3,(H,15,19,22)/t8-,10-,11+,12-,13+/m1/s1. The number of hydrogen-bond acceptors (Lipinski definition) is 9. The van der Waals surface area contributed by atoms with Crippen molar-refractivity contribution in [1.82, 2.24) is 9.55 Å². The lowest BCUT2D eigenvalue weighted by molar-refractivity contribution is -0.259. The molecule has 25 heavy (non-hydrogen) atoms. The molecule has 0 aromatic carbocycles. The van der Waals surface area contributed by atoms with Crippen LogP contribution in [0.3, 0.4) is 0 Å². The Bertz CT molecular complexity index is 755. The van der Waals surface area contributed by atoms with Crippen LogP contribution in [0.15, 0.2) is 21.9 Å². The molecule has 1 aromatic heterocycles. The summed E-state index contributed by atoms with van der Waals surface area (Å²) in [5.74, 6) is -1.38. The van der Waals surface area contributed by atoms with Crippen LogP contribution in [0, 0.1) is 0 Å². The van der Waals surface area contributed by atoms with Crippen LogP contribution in [0.2, 0.25) is 0 Å². The van der Waals surface area contributed by atoms with E-state index in [0.717, 1.165) is 30.7 Å².